The molecule has 1 aliphatic heterocycles. The van der Waals surface area contributed by atoms with E-state index in [0.717, 1.165) is 41.4 Å². The molecule has 1 atom stereocenters. The molecule has 0 bridgehead atoms. The van der Waals surface area contributed by atoms with Crippen molar-refractivity contribution in [3.8, 4) is 5.75 Å². The molecule has 3 aromatic rings. The predicted molar refractivity (Wildman–Crippen MR) is 119 cm³/mol. The zero-order valence-corrected chi connectivity index (χ0v) is 17.3. The molecule has 5 rings (SSSR count). The number of nitrogens with one attached hydrogen (secondary N) is 1. The maximum absolute atomic E-state index is 12.9. The second kappa shape index (κ2) is 7.58. The maximum atomic E-state index is 12.9. The number of benzene rings is 1. The molecule has 0 saturated heterocycles. The van der Waals surface area contributed by atoms with Gasteiger partial charge in [-0.1, -0.05) is 13.0 Å². The number of carbonyl (C=O) groups excluding carboxylic acids is 2. The number of hydrogen-bond donors (Lipinski definition) is 2. The summed E-state index contributed by atoms with van der Waals surface area (Å²) in [6.45, 7) is 3.21. The molecule has 2 amide bonds. The van der Waals surface area contributed by atoms with Gasteiger partial charge in [-0.3, -0.25) is 14.5 Å². The molecule has 158 valence electrons. The average molecular weight is 416 g/mol. The van der Waals surface area contributed by atoms with Crippen LogP contribution in [-0.4, -0.2) is 51.4 Å². The smallest absolute Gasteiger partial charge is 0.254 e. The van der Waals surface area contributed by atoms with E-state index in [1.807, 2.05) is 23.2 Å². The quantitative estimate of drug-likeness (QED) is 0.622. The van der Waals surface area contributed by atoms with Gasteiger partial charge in [0, 0.05) is 36.3 Å². The van der Waals surface area contributed by atoms with Crippen molar-refractivity contribution in [3.05, 3.63) is 59.8 Å². The van der Waals surface area contributed by atoms with Crippen molar-refractivity contribution >= 4 is 34.7 Å². The van der Waals surface area contributed by atoms with Gasteiger partial charge in [-0.25, -0.2) is 4.98 Å². The molecule has 1 aliphatic carbocycles. The first-order chi connectivity index (χ1) is 15.0. The number of rotatable bonds is 5. The Morgan fingerprint density at radius 1 is 1.26 bits per heavy atom. The molecule has 1 saturated carbocycles. The number of phenols is 1. The summed E-state index contributed by atoms with van der Waals surface area (Å²) in [6.07, 6.45) is 6.84. The van der Waals surface area contributed by atoms with Crippen molar-refractivity contribution in [1.82, 2.24) is 14.9 Å². The first kappa shape index (κ1) is 19.4. The number of pyridine rings is 1. The lowest BCUT2D eigenvalue weighted by Crippen LogP contribution is -2.38. The van der Waals surface area contributed by atoms with Gasteiger partial charge in [0.1, 0.15) is 17.2 Å². The van der Waals surface area contributed by atoms with Gasteiger partial charge in [-0.2, -0.15) is 0 Å². The SMILES string of the molecule is CC1CN(C(=O)c2ccc(O)cc2)CC=C1c1cc(N(C=O)C2CC2)nc2[nH]ccc12. The summed E-state index contributed by atoms with van der Waals surface area (Å²) in [5.74, 6) is 0.877. The van der Waals surface area contributed by atoms with E-state index < -0.39 is 0 Å². The van der Waals surface area contributed by atoms with Crippen molar-refractivity contribution in [2.75, 3.05) is 18.0 Å². The van der Waals surface area contributed by atoms with Gasteiger partial charge < -0.3 is 15.0 Å². The first-order valence-corrected chi connectivity index (χ1v) is 10.6. The highest BCUT2D eigenvalue weighted by Gasteiger charge is 2.31. The van der Waals surface area contributed by atoms with Gasteiger partial charge in [0.2, 0.25) is 6.41 Å². The molecule has 0 spiro atoms. The lowest BCUT2D eigenvalue weighted by molar-refractivity contribution is -0.107. The molecule has 2 N–H and O–H groups in total. The van der Waals surface area contributed by atoms with Crippen LogP contribution >= 0.6 is 0 Å². The number of fused-ring (bicyclic) bond motifs is 1. The van der Waals surface area contributed by atoms with Crippen LogP contribution in [-0.2, 0) is 4.79 Å². The molecular weight excluding hydrogens is 392 g/mol. The van der Waals surface area contributed by atoms with Crippen LogP contribution in [0, 0.1) is 5.92 Å². The van der Waals surface area contributed by atoms with Crippen molar-refractivity contribution < 1.29 is 14.7 Å². The predicted octanol–water partition coefficient (Wildman–Crippen LogP) is 3.57. The highest BCUT2D eigenvalue weighted by molar-refractivity contribution is 5.97. The van der Waals surface area contributed by atoms with Crippen LogP contribution in [0.5, 0.6) is 5.75 Å². The Kier molecular flexibility index (Phi) is 4.73. The third-order valence-electron chi connectivity index (χ3n) is 6.10. The number of aromatic hydroxyl groups is 1. The number of phenolic OH excluding ortho intramolecular Hbond substituents is 1. The Morgan fingerprint density at radius 3 is 2.71 bits per heavy atom. The molecule has 7 heteroatoms. The first-order valence-electron chi connectivity index (χ1n) is 10.6. The second-order valence-corrected chi connectivity index (χ2v) is 8.33. The number of nitrogens with zero attached hydrogens (tertiary/aromatic N) is 3. The Labute approximate surface area is 180 Å². The number of H-pyrrole nitrogens is 1. The fourth-order valence-corrected chi connectivity index (χ4v) is 4.32. The molecule has 1 aromatic carbocycles. The third-order valence-corrected chi connectivity index (χ3v) is 6.10. The van der Waals surface area contributed by atoms with Crippen molar-refractivity contribution in [1.29, 1.82) is 0 Å². The lowest BCUT2D eigenvalue weighted by atomic mass is 9.89. The number of aromatic nitrogens is 2. The highest BCUT2D eigenvalue weighted by Crippen LogP contribution is 2.37. The number of aromatic amines is 1. The third kappa shape index (κ3) is 3.56. The summed E-state index contributed by atoms with van der Waals surface area (Å²) in [5, 5.41) is 10.5. The largest absolute Gasteiger partial charge is 0.508 e. The van der Waals surface area contributed by atoms with Crippen molar-refractivity contribution in [3.63, 3.8) is 0 Å². The fourth-order valence-electron chi connectivity index (χ4n) is 4.32. The molecular formula is C24H24N4O3. The van der Waals surface area contributed by atoms with E-state index in [1.165, 1.54) is 12.1 Å². The monoisotopic (exact) mass is 416 g/mol. The van der Waals surface area contributed by atoms with Gasteiger partial charge in [-0.05, 0) is 66.3 Å². The molecule has 1 fully saturated rings. The number of amides is 2. The van der Waals surface area contributed by atoms with Crippen LogP contribution in [0.4, 0.5) is 5.82 Å². The van der Waals surface area contributed by atoms with Crippen molar-refractivity contribution in [2.45, 2.75) is 25.8 Å². The van der Waals surface area contributed by atoms with Gasteiger partial charge >= 0.3 is 0 Å². The Morgan fingerprint density at radius 2 is 2.03 bits per heavy atom. The fraction of sp³-hybridized carbons (Fsp3) is 0.292. The zero-order valence-electron chi connectivity index (χ0n) is 17.3. The van der Waals surface area contributed by atoms with E-state index in [1.54, 1.807) is 17.0 Å². The summed E-state index contributed by atoms with van der Waals surface area (Å²) in [5.41, 5.74) is 3.53. The van der Waals surface area contributed by atoms with E-state index in [2.05, 4.69) is 23.0 Å². The lowest BCUT2D eigenvalue weighted by Gasteiger charge is -2.32. The second-order valence-electron chi connectivity index (χ2n) is 8.33. The molecule has 0 radical (unpaired) electrons. The van der Waals surface area contributed by atoms with E-state index in [4.69, 9.17) is 0 Å². The highest BCUT2D eigenvalue weighted by atomic mass is 16.3. The molecule has 1 unspecified atom stereocenters. The van der Waals surface area contributed by atoms with Gasteiger partial charge in [0.15, 0.2) is 0 Å². The zero-order chi connectivity index (χ0) is 21.5. The number of anilines is 1. The minimum atomic E-state index is -0.0507. The van der Waals surface area contributed by atoms with Gasteiger partial charge in [-0.15, -0.1) is 0 Å². The maximum Gasteiger partial charge on any atom is 0.254 e. The molecule has 3 heterocycles. The summed E-state index contributed by atoms with van der Waals surface area (Å²) < 4.78 is 0. The van der Waals surface area contributed by atoms with Crippen LogP contribution in [0.15, 0.2) is 48.7 Å². The summed E-state index contributed by atoms with van der Waals surface area (Å²) in [6, 6.07) is 10.6. The molecule has 7 nitrogen and oxygen atoms in total. The summed E-state index contributed by atoms with van der Waals surface area (Å²) in [7, 11) is 0. The van der Waals surface area contributed by atoms with E-state index in [-0.39, 0.29) is 23.6 Å². The Bertz CT molecular complexity index is 1180. The Hall–Kier alpha value is -3.61. The molecule has 2 aliphatic rings. The Balaban J connectivity index is 1.47. The number of hydrogen-bond acceptors (Lipinski definition) is 4. The summed E-state index contributed by atoms with van der Waals surface area (Å²) >= 11 is 0. The topological polar surface area (TPSA) is 89.5 Å². The standard InChI is InChI=1S/C24H24N4O3/c1-15-13-27(24(31)16-2-6-18(30)7-3-16)11-9-19(15)21-12-22(28(14-29)17-4-5-17)26-23-20(21)8-10-25-23/h2-3,6-10,12,14-15,17,30H,4-5,11,13H2,1H3,(H,25,26). The van der Waals surface area contributed by atoms with Gasteiger partial charge in [0.25, 0.3) is 5.91 Å². The normalized spacial score (nSPS) is 18.7. The van der Waals surface area contributed by atoms with E-state index >= 15 is 0 Å². The van der Waals surface area contributed by atoms with Gasteiger partial charge in [0.05, 0.1) is 0 Å². The van der Waals surface area contributed by atoms with Crippen LogP contribution in [0.2, 0.25) is 0 Å². The van der Waals surface area contributed by atoms with Crippen molar-refractivity contribution in [2.24, 2.45) is 5.92 Å². The van der Waals surface area contributed by atoms with E-state index in [0.29, 0.717) is 24.5 Å². The molecule has 2 aromatic heterocycles. The van der Waals surface area contributed by atoms with Crippen LogP contribution < -0.4 is 4.90 Å². The van der Waals surface area contributed by atoms with Crippen LogP contribution in [0.25, 0.3) is 16.6 Å². The van der Waals surface area contributed by atoms with Crippen LogP contribution in [0.3, 0.4) is 0 Å². The average Bonchev–Trinajstić information content (AvgIpc) is 3.49. The number of carbonyl (C=O) groups is 2. The minimum absolute atomic E-state index is 0.0507. The van der Waals surface area contributed by atoms with Crippen LogP contribution in [0.1, 0.15) is 35.7 Å². The van der Waals surface area contributed by atoms with E-state index in [9.17, 15) is 14.7 Å². The molecule has 31 heavy (non-hydrogen) atoms. The minimum Gasteiger partial charge on any atom is -0.508 e. The summed E-state index contributed by atoms with van der Waals surface area (Å²) in [4.78, 5) is 36.0.